The van der Waals surface area contributed by atoms with Gasteiger partial charge in [-0.1, -0.05) is 11.6 Å². The Labute approximate surface area is 95.8 Å². The maximum absolute atomic E-state index is 11.5. The molecule has 88 valence electrons. The van der Waals surface area contributed by atoms with Gasteiger partial charge in [-0.15, -0.1) is 0 Å². The van der Waals surface area contributed by atoms with Crippen LogP contribution in [0.2, 0.25) is 5.15 Å². The average molecular weight is 265 g/mol. The van der Waals surface area contributed by atoms with E-state index < -0.39 is 27.1 Å². The van der Waals surface area contributed by atoms with Gasteiger partial charge in [0.2, 0.25) is 0 Å². The third kappa shape index (κ3) is 2.05. The van der Waals surface area contributed by atoms with E-state index >= 15 is 0 Å². The van der Waals surface area contributed by atoms with Gasteiger partial charge in [-0.25, -0.2) is 13.2 Å². The van der Waals surface area contributed by atoms with Gasteiger partial charge in [0.25, 0.3) is 5.56 Å². The second-order valence-corrected chi connectivity index (χ2v) is 6.32. The quantitative estimate of drug-likeness (QED) is 0.696. The van der Waals surface area contributed by atoms with Crippen molar-refractivity contribution in [1.29, 1.82) is 0 Å². The largest absolute Gasteiger partial charge is 0.329 e. The summed E-state index contributed by atoms with van der Waals surface area (Å²) >= 11 is 5.50. The summed E-state index contributed by atoms with van der Waals surface area (Å²) in [6.07, 6.45) is 0.285. The molecule has 1 aromatic heterocycles. The number of halogens is 1. The second-order valence-electron chi connectivity index (χ2n) is 3.69. The van der Waals surface area contributed by atoms with Crippen LogP contribution in [-0.2, 0) is 9.84 Å². The van der Waals surface area contributed by atoms with Gasteiger partial charge >= 0.3 is 5.69 Å². The molecule has 0 aliphatic carbocycles. The molecule has 0 saturated carbocycles. The van der Waals surface area contributed by atoms with E-state index in [0.717, 1.165) is 10.6 Å². The summed E-state index contributed by atoms with van der Waals surface area (Å²) in [5.74, 6) is -0.163. The van der Waals surface area contributed by atoms with Crippen LogP contribution in [-0.4, -0.2) is 29.5 Å². The lowest BCUT2D eigenvalue weighted by Crippen LogP contribution is -2.38. The Morgan fingerprint density at radius 3 is 2.62 bits per heavy atom. The first-order valence-electron chi connectivity index (χ1n) is 4.61. The zero-order valence-electron chi connectivity index (χ0n) is 8.14. The smallest absolute Gasteiger partial charge is 0.298 e. The van der Waals surface area contributed by atoms with Gasteiger partial charge in [0.15, 0.2) is 9.84 Å². The molecular formula is C8H9ClN2O4S. The van der Waals surface area contributed by atoms with Gasteiger partial charge in [0, 0.05) is 6.07 Å². The molecule has 1 aromatic rings. The molecule has 1 aliphatic rings. The first-order chi connectivity index (χ1) is 7.39. The number of rotatable bonds is 1. The van der Waals surface area contributed by atoms with Crippen molar-refractivity contribution in [2.45, 2.75) is 12.5 Å². The summed E-state index contributed by atoms with van der Waals surface area (Å²) < 4.78 is 23.4. The summed E-state index contributed by atoms with van der Waals surface area (Å²) in [6, 6.07) is 0.479. The van der Waals surface area contributed by atoms with E-state index in [4.69, 9.17) is 11.6 Å². The van der Waals surface area contributed by atoms with Crippen LogP contribution in [0.25, 0.3) is 0 Å². The normalized spacial score (nSPS) is 23.4. The number of H-pyrrole nitrogens is 1. The molecule has 1 saturated heterocycles. The third-order valence-electron chi connectivity index (χ3n) is 2.51. The Hall–Kier alpha value is -1.08. The number of aromatic nitrogens is 2. The molecule has 2 rings (SSSR count). The van der Waals surface area contributed by atoms with Crippen LogP contribution >= 0.6 is 11.6 Å². The van der Waals surface area contributed by atoms with Gasteiger partial charge in [0.1, 0.15) is 5.15 Å². The molecule has 1 aliphatic heterocycles. The number of sulfone groups is 1. The van der Waals surface area contributed by atoms with Gasteiger partial charge in [-0.2, -0.15) is 0 Å². The van der Waals surface area contributed by atoms with Crippen molar-refractivity contribution in [1.82, 2.24) is 9.55 Å². The molecule has 1 fully saturated rings. The van der Waals surface area contributed by atoms with Crippen LogP contribution in [0.1, 0.15) is 12.5 Å². The SMILES string of the molecule is O=c1cc(Cl)[nH]c(=O)n1C1CCS(=O)(=O)C1. The first kappa shape index (κ1) is 11.4. The molecule has 0 spiro atoms. The predicted molar refractivity (Wildman–Crippen MR) is 58.6 cm³/mol. The van der Waals surface area contributed by atoms with Crippen LogP contribution in [0.4, 0.5) is 0 Å². The van der Waals surface area contributed by atoms with E-state index in [1.165, 1.54) is 0 Å². The lowest BCUT2D eigenvalue weighted by Gasteiger charge is -2.09. The van der Waals surface area contributed by atoms with Crippen molar-refractivity contribution in [3.8, 4) is 0 Å². The van der Waals surface area contributed by atoms with Crippen molar-refractivity contribution in [2.75, 3.05) is 11.5 Å². The predicted octanol–water partition coefficient (Wildman–Crippen LogP) is -0.450. The average Bonchev–Trinajstić information content (AvgIpc) is 2.44. The minimum atomic E-state index is -3.13. The zero-order valence-corrected chi connectivity index (χ0v) is 9.71. The Kier molecular flexibility index (Phi) is 2.67. The van der Waals surface area contributed by atoms with E-state index in [9.17, 15) is 18.0 Å². The Morgan fingerprint density at radius 1 is 1.44 bits per heavy atom. The van der Waals surface area contributed by atoms with Crippen LogP contribution < -0.4 is 11.2 Å². The highest BCUT2D eigenvalue weighted by Crippen LogP contribution is 2.20. The Morgan fingerprint density at radius 2 is 2.12 bits per heavy atom. The Bertz CT molecular complexity index is 599. The van der Waals surface area contributed by atoms with E-state index in [-0.39, 0.29) is 23.1 Å². The maximum atomic E-state index is 11.5. The molecular weight excluding hydrogens is 256 g/mol. The highest BCUT2D eigenvalue weighted by Gasteiger charge is 2.30. The number of aromatic amines is 1. The maximum Gasteiger partial charge on any atom is 0.329 e. The first-order valence-corrected chi connectivity index (χ1v) is 6.81. The van der Waals surface area contributed by atoms with Crippen LogP contribution in [0.15, 0.2) is 15.7 Å². The Balaban J connectivity index is 2.51. The molecule has 8 heteroatoms. The number of nitrogens with zero attached hydrogens (tertiary/aromatic N) is 1. The molecule has 16 heavy (non-hydrogen) atoms. The van der Waals surface area contributed by atoms with Gasteiger partial charge in [-0.3, -0.25) is 14.3 Å². The van der Waals surface area contributed by atoms with Crippen molar-refractivity contribution in [3.63, 3.8) is 0 Å². The van der Waals surface area contributed by atoms with Gasteiger partial charge < -0.3 is 0 Å². The van der Waals surface area contributed by atoms with Gasteiger partial charge in [-0.05, 0) is 6.42 Å². The summed E-state index contributed by atoms with van der Waals surface area (Å²) in [6.45, 7) is 0. The fourth-order valence-corrected chi connectivity index (χ4v) is 3.68. The second kappa shape index (κ2) is 3.74. The van der Waals surface area contributed by atoms with Crippen molar-refractivity contribution in [3.05, 3.63) is 32.1 Å². The van der Waals surface area contributed by atoms with E-state index in [1.54, 1.807) is 0 Å². The minimum absolute atomic E-state index is 0.00612. The standard InChI is InChI=1S/C8H9ClN2O4S/c9-6-3-7(12)11(8(13)10-6)5-1-2-16(14,15)4-5/h3,5H,1-2,4H2,(H,10,13). The van der Waals surface area contributed by atoms with Crippen LogP contribution in [0.5, 0.6) is 0 Å². The van der Waals surface area contributed by atoms with E-state index in [1.807, 2.05) is 0 Å². The molecule has 6 nitrogen and oxygen atoms in total. The fourth-order valence-electron chi connectivity index (χ4n) is 1.80. The molecule has 2 heterocycles. The van der Waals surface area contributed by atoms with E-state index in [2.05, 4.69) is 4.98 Å². The van der Waals surface area contributed by atoms with Crippen LogP contribution in [0, 0.1) is 0 Å². The summed E-state index contributed by atoms with van der Waals surface area (Å²) in [7, 11) is -3.13. The topological polar surface area (TPSA) is 89.0 Å². The molecule has 1 atom stereocenters. The van der Waals surface area contributed by atoms with E-state index in [0.29, 0.717) is 0 Å². The van der Waals surface area contributed by atoms with Gasteiger partial charge in [0.05, 0.1) is 17.5 Å². The van der Waals surface area contributed by atoms with Crippen molar-refractivity contribution >= 4 is 21.4 Å². The van der Waals surface area contributed by atoms with Crippen molar-refractivity contribution < 1.29 is 8.42 Å². The number of hydrogen-bond acceptors (Lipinski definition) is 4. The molecule has 1 unspecified atom stereocenters. The number of nitrogens with one attached hydrogen (secondary N) is 1. The minimum Gasteiger partial charge on any atom is -0.298 e. The van der Waals surface area contributed by atoms with Crippen LogP contribution in [0.3, 0.4) is 0 Å². The summed E-state index contributed by atoms with van der Waals surface area (Å²) in [4.78, 5) is 25.3. The molecule has 1 N–H and O–H groups in total. The zero-order chi connectivity index (χ0) is 11.9. The molecule has 0 bridgehead atoms. The summed E-state index contributed by atoms with van der Waals surface area (Å²) in [5.41, 5.74) is -1.24. The molecule has 0 radical (unpaired) electrons. The lowest BCUT2D eigenvalue weighted by molar-refractivity contribution is 0.512. The fraction of sp³-hybridized carbons (Fsp3) is 0.500. The van der Waals surface area contributed by atoms with Crippen molar-refractivity contribution in [2.24, 2.45) is 0 Å². The molecule has 0 aromatic carbocycles. The lowest BCUT2D eigenvalue weighted by atomic mass is 10.2. The number of hydrogen-bond donors (Lipinski definition) is 1. The third-order valence-corrected chi connectivity index (χ3v) is 4.46. The summed E-state index contributed by atoms with van der Waals surface area (Å²) in [5, 5.41) is -0.0490. The highest BCUT2D eigenvalue weighted by molar-refractivity contribution is 7.91. The monoisotopic (exact) mass is 264 g/mol. The molecule has 0 amide bonds. The highest BCUT2D eigenvalue weighted by atomic mass is 35.5.